The number of amides is 2. The summed E-state index contributed by atoms with van der Waals surface area (Å²) < 4.78 is 0. The molecule has 4 rings (SSSR count). The number of piperazine rings is 1. The third kappa shape index (κ3) is 2.69. The molecule has 1 aliphatic carbocycles. The maximum Gasteiger partial charge on any atom is 0.254 e. The van der Waals surface area contributed by atoms with Crippen LogP contribution >= 0.6 is 0 Å². The van der Waals surface area contributed by atoms with E-state index in [9.17, 15) is 9.59 Å². The minimum absolute atomic E-state index is 0.0697. The van der Waals surface area contributed by atoms with Crippen molar-refractivity contribution in [3.05, 3.63) is 48.0 Å². The molecular weight excluding hydrogens is 288 g/mol. The van der Waals surface area contributed by atoms with E-state index in [1.165, 1.54) is 0 Å². The summed E-state index contributed by atoms with van der Waals surface area (Å²) in [5.74, 6) is 0.609. The Bertz CT molecular complexity index is 754. The third-order valence-electron chi connectivity index (χ3n) is 4.83. The molecule has 2 aromatic carbocycles. The predicted molar refractivity (Wildman–Crippen MR) is 89.2 cm³/mol. The zero-order valence-corrected chi connectivity index (χ0v) is 13.1. The fraction of sp³-hybridized carbons (Fsp3) is 0.368. The number of carbonyl (C=O) groups is 2. The van der Waals surface area contributed by atoms with Crippen molar-refractivity contribution >= 4 is 22.6 Å². The second-order valence-electron chi connectivity index (χ2n) is 6.42. The van der Waals surface area contributed by atoms with E-state index in [4.69, 9.17) is 0 Å². The zero-order valence-electron chi connectivity index (χ0n) is 13.1. The molecular formula is C19H20N2O2. The molecule has 118 valence electrons. The van der Waals surface area contributed by atoms with Crippen LogP contribution in [0.4, 0.5) is 0 Å². The number of nitrogens with zero attached hydrogens (tertiary/aromatic N) is 2. The fourth-order valence-electron chi connectivity index (χ4n) is 3.30. The molecule has 1 aliphatic heterocycles. The van der Waals surface area contributed by atoms with Crippen LogP contribution in [-0.2, 0) is 4.79 Å². The normalized spacial score (nSPS) is 18.3. The van der Waals surface area contributed by atoms with Crippen molar-refractivity contribution < 1.29 is 9.59 Å². The average Bonchev–Trinajstić information content (AvgIpc) is 3.45. The molecule has 0 unspecified atom stereocenters. The Labute approximate surface area is 135 Å². The van der Waals surface area contributed by atoms with Gasteiger partial charge in [0.2, 0.25) is 5.91 Å². The van der Waals surface area contributed by atoms with Crippen molar-refractivity contribution in [1.82, 2.24) is 9.80 Å². The van der Waals surface area contributed by atoms with Crippen LogP contribution in [0.5, 0.6) is 0 Å². The van der Waals surface area contributed by atoms with Gasteiger partial charge >= 0.3 is 0 Å². The Morgan fingerprint density at radius 2 is 1.48 bits per heavy atom. The van der Waals surface area contributed by atoms with Gasteiger partial charge in [0.1, 0.15) is 0 Å². The molecule has 2 aromatic rings. The number of benzene rings is 2. The van der Waals surface area contributed by atoms with E-state index in [-0.39, 0.29) is 17.7 Å². The van der Waals surface area contributed by atoms with Crippen molar-refractivity contribution in [2.45, 2.75) is 12.8 Å². The molecule has 0 bridgehead atoms. The molecule has 2 amide bonds. The summed E-state index contributed by atoms with van der Waals surface area (Å²) in [6.07, 6.45) is 2.07. The van der Waals surface area contributed by atoms with Crippen LogP contribution in [-0.4, -0.2) is 47.8 Å². The molecule has 0 aromatic heterocycles. The number of rotatable bonds is 2. The Morgan fingerprint density at radius 3 is 2.22 bits per heavy atom. The molecule has 4 heteroatoms. The second-order valence-corrected chi connectivity index (χ2v) is 6.42. The van der Waals surface area contributed by atoms with Crippen LogP contribution in [0.25, 0.3) is 10.8 Å². The maximum atomic E-state index is 12.9. The van der Waals surface area contributed by atoms with E-state index in [0.29, 0.717) is 26.2 Å². The average molecular weight is 308 g/mol. The molecule has 2 aliphatic rings. The minimum atomic E-state index is 0.0697. The first kappa shape index (κ1) is 14.2. The van der Waals surface area contributed by atoms with Crippen LogP contribution in [0.3, 0.4) is 0 Å². The largest absolute Gasteiger partial charge is 0.339 e. The molecule has 0 N–H and O–H groups in total. The van der Waals surface area contributed by atoms with E-state index in [2.05, 4.69) is 0 Å². The lowest BCUT2D eigenvalue weighted by Crippen LogP contribution is -2.51. The predicted octanol–water partition coefficient (Wildman–Crippen LogP) is 2.53. The number of carbonyl (C=O) groups excluding carboxylic acids is 2. The molecule has 1 saturated carbocycles. The maximum absolute atomic E-state index is 12.9. The highest BCUT2D eigenvalue weighted by atomic mass is 16.2. The molecule has 0 atom stereocenters. The smallest absolute Gasteiger partial charge is 0.254 e. The molecule has 1 saturated heterocycles. The highest BCUT2D eigenvalue weighted by Gasteiger charge is 2.35. The van der Waals surface area contributed by atoms with Crippen molar-refractivity contribution in [2.75, 3.05) is 26.2 Å². The van der Waals surface area contributed by atoms with E-state index in [0.717, 1.165) is 29.2 Å². The summed E-state index contributed by atoms with van der Waals surface area (Å²) in [4.78, 5) is 28.8. The molecule has 4 nitrogen and oxygen atoms in total. The highest BCUT2D eigenvalue weighted by molar-refractivity contribution is 6.07. The summed E-state index contributed by atoms with van der Waals surface area (Å²) in [7, 11) is 0. The first-order chi connectivity index (χ1) is 11.2. The van der Waals surface area contributed by atoms with Gasteiger partial charge in [-0.25, -0.2) is 0 Å². The summed E-state index contributed by atoms with van der Waals surface area (Å²) >= 11 is 0. The minimum Gasteiger partial charge on any atom is -0.339 e. The van der Waals surface area contributed by atoms with E-state index >= 15 is 0 Å². The lowest BCUT2D eigenvalue weighted by Gasteiger charge is -2.35. The number of hydrogen-bond acceptors (Lipinski definition) is 2. The van der Waals surface area contributed by atoms with E-state index in [1.54, 1.807) is 0 Å². The lowest BCUT2D eigenvalue weighted by molar-refractivity contribution is -0.134. The third-order valence-corrected chi connectivity index (χ3v) is 4.83. The van der Waals surface area contributed by atoms with Gasteiger partial charge in [-0.3, -0.25) is 9.59 Å². The van der Waals surface area contributed by atoms with Crippen molar-refractivity contribution in [3.63, 3.8) is 0 Å². The van der Waals surface area contributed by atoms with Gasteiger partial charge in [0.15, 0.2) is 0 Å². The van der Waals surface area contributed by atoms with Crippen LogP contribution < -0.4 is 0 Å². The van der Waals surface area contributed by atoms with Gasteiger partial charge in [0, 0.05) is 37.7 Å². The van der Waals surface area contributed by atoms with Crippen LogP contribution in [0, 0.1) is 5.92 Å². The van der Waals surface area contributed by atoms with Gasteiger partial charge in [-0.05, 0) is 29.7 Å². The fourth-order valence-corrected chi connectivity index (χ4v) is 3.30. The SMILES string of the molecule is O=C(c1cccc2ccccc12)N1CCN(C(=O)C2CC2)CC1. The van der Waals surface area contributed by atoms with Crippen molar-refractivity contribution in [1.29, 1.82) is 0 Å². The zero-order chi connectivity index (χ0) is 15.8. The van der Waals surface area contributed by atoms with Gasteiger partial charge in [-0.15, -0.1) is 0 Å². The second kappa shape index (κ2) is 5.69. The molecule has 0 radical (unpaired) electrons. The van der Waals surface area contributed by atoms with Crippen molar-refractivity contribution in [2.24, 2.45) is 5.92 Å². The number of fused-ring (bicyclic) bond motifs is 1. The summed E-state index contributed by atoms with van der Waals surface area (Å²) in [6, 6.07) is 13.8. The summed E-state index contributed by atoms with van der Waals surface area (Å²) in [6.45, 7) is 2.57. The molecule has 2 fully saturated rings. The number of hydrogen-bond donors (Lipinski definition) is 0. The summed E-state index contributed by atoms with van der Waals surface area (Å²) in [5, 5.41) is 2.08. The first-order valence-corrected chi connectivity index (χ1v) is 8.30. The van der Waals surface area contributed by atoms with Crippen LogP contribution in [0.2, 0.25) is 0 Å². The van der Waals surface area contributed by atoms with Crippen LogP contribution in [0.1, 0.15) is 23.2 Å². The van der Waals surface area contributed by atoms with Gasteiger partial charge in [0.25, 0.3) is 5.91 Å². The van der Waals surface area contributed by atoms with E-state index < -0.39 is 0 Å². The van der Waals surface area contributed by atoms with Gasteiger partial charge in [-0.1, -0.05) is 36.4 Å². The Hall–Kier alpha value is -2.36. The quantitative estimate of drug-likeness (QED) is 0.855. The topological polar surface area (TPSA) is 40.6 Å². The Morgan fingerprint density at radius 1 is 0.826 bits per heavy atom. The highest BCUT2D eigenvalue weighted by Crippen LogP contribution is 2.31. The Kier molecular flexibility index (Phi) is 3.52. The van der Waals surface area contributed by atoms with Crippen molar-refractivity contribution in [3.8, 4) is 0 Å². The standard InChI is InChI=1S/C19H20N2O2/c22-18(15-8-9-15)20-10-12-21(13-11-20)19(23)17-7-3-5-14-4-1-2-6-16(14)17/h1-7,15H,8-13H2. The lowest BCUT2D eigenvalue weighted by atomic mass is 10.0. The summed E-state index contributed by atoms with van der Waals surface area (Å²) in [5.41, 5.74) is 0.755. The Balaban J connectivity index is 1.50. The molecule has 0 spiro atoms. The first-order valence-electron chi connectivity index (χ1n) is 8.30. The molecule has 1 heterocycles. The van der Waals surface area contributed by atoms with Gasteiger partial charge < -0.3 is 9.80 Å². The van der Waals surface area contributed by atoms with Gasteiger partial charge in [-0.2, -0.15) is 0 Å². The van der Waals surface area contributed by atoms with E-state index in [1.807, 2.05) is 52.3 Å². The molecule has 23 heavy (non-hydrogen) atoms. The van der Waals surface area contributed by atoms with Crippen LogP contribution in [0.15, 0.2) is 42.5 Å². The monoisotopic (exact) mass is 308 g/mol. The van der Waals surface area contributed by atoms with Gasteiger partial charge in [0.05, 0.1) is 0 Å².